The Kier molecular flexibility index (Phi) is 3.28. The molecule has 1 rings (SSSR count). The molecular formula is C10H10O5. The fourth-order valence-corrected chi connectivity index (χ4v) is 1.07. The summed E-state index contributed by atoms with van der Waals surface area (Å²) in [5.74, 6) is -1.65. The first-order chi connectivity index (χ1) is 7.06. The molecule has 0 aliphatic heterocycles. The highest BCUT2D eigenvalue weighted by atomic mass is 16.5. The molecule has 15 heavy (non-hydrogen) atoms. The maximum absolute atomic E-state index is 11.3. The summed E-state index contributed by atoms with van der Waals surface area (Å²) in [6.45, 7) is 1.20. The van der Waals surface area contributed by atoms with Gasteiger partial charge in [-0.15, -0.1) is 0 Å². The molecule has 5 heteroatoms. The molecule has 0 heterocycles. The van der Waals surface area contributed by atoms with Gasteiger partial charge in [0.25, 0.3) is 0 Å². The van der Waals surface area contributed by atoms with E-state index in [0.29, 0.717) is 0 Å². The van der Waals surface area contributed by atoms with Gasteiger partial charge in [-0.3, -0.25) is 4.79 Å². The normalized spacial score (nSPS) is 9.47. The minimum atomic E-state index is -0.760. The Morgan fingerprint density at radius 2 is 2.00 bits per heavy atom. The zero-order chi connectivity index (χ0) is 11.4. The molecule has 0 unspecified atom stereocenters. The second-order valence-electron chi connectivity index (χ2n) is 2.74. The molecule has 1 aromatic rings. The lowest BCUT2D eigenvalue weighted by atomic mass is 10.2. The fraction of sp³-hybridized carbons (Fsp3) is 0.200. The molecule has 0 saturated heterocycles. The van der Waals surface area contributed by atoms with Gasteiger partial charge in [-0.25, -0.2) is 4.79 Å². The van der Waals surface area contributed by atoms with Crippen molar-refractivity contribution in [1.29, 1.82) is 0 Å². The predicted octanol–water partition coefficient (Wildman–Crippen LogP) is 1.10. The van der Waals surface area contributed by atoms with Crippen molar-refractivity contribution in [2.75, 3.05) is 7.11 Å². The second-order valence-corrected chi connectivity index (χ2v) is 2.74. The van der Waals surface area contributed by atoms with E-state index in [0.717, 1.165) is 0 Å². The van der Waals surface area contributed by atoms with E-state index in [4.69, 9.17) is 4.74 Å². The maximum atomic E-state index is 11.3. The van der Waals surface area contributed by atoms with E-state index in [2.05, 4.69) is 4.74 Å². The third kappa shape index (κ3) is 2.46. The van der Waals surface area contributed by atoms with Crippen molar-refractivity contribution < 1.29 is 24.2 Å². The number of rotatable bonds is 2. The standard InChI is InChI=1S/C10H10O5/c1-6(11)15-8-5-3-4-7(12)9(8)10(13)14-2/h3-5,12H,1-2H3. The van der Waals surface area contributed by atoms with Crippen LogP contribution in [0.3, 0.4) is 0 Å². The molecule has 0 aliphatic carbocycles. The lowest BCUT2D eigenvalue weighted by Crippen LogP contribution is -2.09. The molecule has 0 atom stereocenters. The Hall–Kier alpha value is -2.04. The minimum Gasteiger partial charge on any atom is -0.507 e. The fourth-order valence-electron chi connectivity index (χ4n) is 1.07. The Morgan fingerprint density at radius 1 is 1.33 bits per heavy atom. The lowest BCUT2D eigenvalue weighted by Gasteiger charge is -2.08. The van der Waals surface area contributed by atoms with Crippen molar-refractivity contribution >= 4 is 11.9 Å². The quantitative estimate of drug-likeness (QED) is 0.584. The second kappa shape index (κ2) is 4.45. The summed E-state index contributed by atoms with van der Waals surface area (Å²) in [6, 6.07) is 4.16. The highest BCUT2D eigenvalue weighted by Gasteiger charge is 2.18. The van der Waals surface area contributed by atoms with Gasteiger partial charge in [0.2, 0.25) is 0 Å². The average Bonchev–Trinajstić information content (AvgIpc) is 2.16. The molecule has 0 aromatic heterocycles. The summed E-state index contributed by atoms with van der Waals surface area (Å²) in [6.07, 6.45) is 0. The Labute approximate surface area is 86.2 Å². The van der Waals surface area contributed by atoms with Gasteiger partial charge >= 0.3 is 11.9 Å². The first kappa shape index (κ1) is 11.0. The number of benzene rings is 1. The first-order valence-electron chi connectivity index (χ1n) is 4.15. The largest absolute Gasteiger partial charge is 0.507 e. The third-order valence-corrected chi connectivity index (χ3v) is 1.65. The number of methoxy groups -OCH3 is 1. The van der Waals surface area contributed by atoms with Gasteiger partial charge < -0.3 is 14.6 Å². The smallest absolute Gasteiger partial charge is 0.345 e. The van der Waals surface area contributed by atoms with Gasteiger partial charge in [-0.1, -0.05) is 6.07 Å². The van der Waals surface area contributed by atoms with Crippen LogP contribution in [0.15, 0.2) is 18.2 Å². The minimum absolute atomic E-state index is 0.0191. The van der Waals surface area contributed by atoms with Crippen LogP contribution in [0.1, 0.15) is 17.3 Å². The van der Waals surface area contributed by atoms with Gasteiger partial charge in [0.1, 0.15) is 17.1 Å². The highest BCUT2D eigenvalue weighted by molar-refractivity contribution is 5.96. The van der Waals surface area contributed by atoms with Crippen LogP contribution in [0.5, 0.6) is 11.5 Å². The summed E-state index contributed by atoms with van der Waals surface area (Å²) in [5, 5.41) is 9.41. The summed E-state index contributed by atoms with van der Waals surface area (Å²) < 4.78 is 9.20. The molecule has 0 saturated carbocycles. The Balaban J connectivity index is 3.20. The SMILES string of the molecule is COC(=O)c1c(O)cccc1OC(C)=O. The van der Waals surface area contributed by atoms with Crippen LogP contribution in [0.25, 0.3) is 0 Å². The van der Waals surface area contributed by atoms with Crippen LogP contribution in [0.2, 0.25) is 0 Å². The number of hydrogen-bond acceptors (Lipinski definition) is 5. The lowest BCUT2D eigenvalue weighted by molar-refractivity contribution is -0.131. The van der Waals surface area contributed by atoms with Crippen LogP contribution in [0, 0.1) is 0 Å². The van der Waals surface area contributed by atoms with E-state index >= 15 is 0 Å². The number of carbonyl (C=O) groups excluding carboxylic acids is 2. The molecule has 1 aromatic carbocycles. The summed E-state index contributed by atoms with van der Waals surface area (Å²) in [5.41, 5.74) is -0.157. The monoisotopic (exact) mass is 210 g/mol. The third-order valence-electron chi connectivity index (χ3n) is 1.65. The summed E-state index contributed by atoms with van der Waals surface area (Å²) in [4.78, 5) is 22.0. The Bertz CT molecular complexity index is 397. The van der Waals surface area contributed by atoms with E-state index in [1.165, 1.54) is 32.2 Å². The summed E-state index contributed by atoms with van der Waals surface area (Å²) in [7, 11) is 1.17. The number of phenols is 1. The average molecular weight is 210 g/mol. The molecule has 0 amide bonds. The molecule has 0 fully saturated rings. The number of phenolic OH excluding ortho intramolecular Hbond substituents is 1. The predicted molar refractivity (Wildman–Crippen MR) is 50.8 cm³/mol. The highest BCUT2D eigenvalue weighted by Crippen LogP contribution is 2.28. The number of ether oxygens (including phenoxy) is 2. The molecule has 1 N–H and O–H groups in total. The molecule has 0 spiro atoms. The zero-order valence-electron chi connectivity index (χ0n) is 8.31. The number of aromatic hydroxyl groups is 1. The van der Waals surface area contributed by atoms with E-state index in [1.807, 2.05) is 0 Å². The van der Waals surface area contributed by atoms with Crippen LogP contribution >= 0.6 is 0 Å². The maximum Gasteiger partial charge on any atom is 0.345 e. The number of hydrogen-bond donors (Lipinski definition) is 1. The van der Waals surface area contributed by atoms with Crippen molar-refractivity contribution in [1.82, 2.24) is 0 Å². The van der Waals surface area contributed by atoms with Gasteiger partial charge in [-0.05, 0) is 12.1 Å². The molecule has 5 nitrogen and oxygen atoms in total. The van der Waals surface area contributed by atoms with Gasteiger partial charge in [0.15, 0.2) is 0 Å². The number of esters is 2. The van der Waals surface area contributed by atoms with Crippen LogP contribution in [-0.4, -0.2) is 24.2 Å². The van der Waals surface area contributed by atoms with E-state index in [1.54, 1.807) is 0 Å². The van der Waals surface area contributed by atoms with Gasteiger partial charge in [0.05, 0.1) is 7.11 Å². The zero-order valence-corrected chi connectivity index (χ0v) is 8.31. The molecular weight excluding hydrogens is 200 g/mol. The van der Waals surface area contributed by atoms with Crippen molar-refractivity contribution in [2.24, 2.45) is 0 Å². The van der Waals surface area contributed by atoms with E-state index in [-0.39, 0.29) is 17.1 Å². The van der Waals surface area contributed by atoms with Crippen LogP contribution < -0.4 is 4.74 Å². The Morgan fingerprint density at radius 3 is 2.53 bits per heavy atom. The van der Waals surface area contributed by atoms with Crippen LogP contribution in [-0.2, 0) is 9.53 Å². The van der Waals surface area contributed by atoms with Crippen molar-refractivity contribution in [3.8, 4) is 11.5 Å². The molecule has 0 aliphatic rings. The molecule has 80 valence electrons. The summed E-state index contributed by atoms with van der Waals surface area (Å²) >= 11 is 0. The van der Waals surface area contributed by atoms with Gasteiger partial charge in [0, 0.05) is 6.92 Å². The van der Waals surface area contributed by atoms with E-state index in [9.17, 15) is 14.7 Å². The molecule has 0 radical (unpaired) electrons. The first-order valence-corrected chi connectivity index (χ1v) is 4.15. The topological polar surface area (TPSA) is 72.8 Å². The van der Waals surface area contributed by atoms with Crippen molar-refractivity contribution in [3.05, 3.63) is 23.8 Å². The molecule has 0 bridgehead atoms. The van der Waals surface area contributed by atoms with Crippen molar-refractivity contribution in [3.63, 3.8) is 0 Å². The van der Waals surface area contributed by atoms with Crippen molar-refractivity contribution in [2.45, 2.75) is 6.92 Å². The van der Waals surface area contributed by atoms with E-state index < -0.39 is 11.9 Å². The van der Waals surface area contributed by atoms with Crippen LogP contribution in [0.4, 0.5) is 0 Å². The van der Waals surface area contributed by atoms with Gasteiger partial charge in [-0.2, -0.15) is 0 Å². The number of carbonyl (C=O) groups is 2.